The summed E-state index contributed by atoms with van der Waals surface area (Å²) in [5.74, 6) is 2.24. The zero-order valence-electron chi connectivity index (χ0n) is 13.8. The molecule has 0 saturated heterocycles. The summed E-state index contributed by atoms with van der Waals surface area (Å²) in [5.41, 5.74) is 5.66. The van der Waals surface area contributed by atoms with E-state index in [4.69, 9.17) is 0 Å². The Kier molecular flexibility index (Phi) is 6.06. The Morgan fingerprint density at radius 2 is 1.37 bits per heavy atom. The number of nitrogens with one attached hydrogen (secondary N) is 1. The molecule has 1 heteroatoms. The van der Waals surface area contributed by atoms with Crippen molar-refractivity contribution in [3.05, 3.63) is 34.4 Å². The molecule has 19 heavy (non-hydrogen) atoms. The molecular weight excluding hydrogens is 230 g/mol. The average Bonchev–Trinajstić information content (AvgIpc) is 2.25. The lowest BCUT2D eigenvalue weighted by atomic mass is 9.85. The number of aryl methyl sites for hydroxylation is 3. The second-order valence-corrected chi connectivity index (χ2v) is 6.66. The van der Waals surface area contributed by atoms with Gasteiger partial charge in [0, 0.05) is 6.54 Å². The van der Waals surface area contributed by atoms with Gasteiger partial charge in [0.05, 0.1) is 0 Å². The van der Waals surface area contributed by atoms with E-state index in [1.165, 1.54) is 22.3 Å². The number of rotatable bonds is 6. The van der Waals surface area contributed by atoms with Gasteiger partial charge in [-0.15, -0.1) is 0 Å². The molecule has 0 heterocycles. The molecule has 0 aliphatic carbocycles. The lowest BCUT2D eigenvalue weighted by molar-refractivity contribution is 0.275. The van der Waals surface area contributed by atoms with Crippen LogP contribution in [0.15, 0.2) is 12.1 Å². The van der Waals surface area contributed by atoms with Crippen LogP contribution in [0.25, 0.3) is 0 Å². The Labute approximate surface area is 119 Å². The predicted octanol–water partition coefficient (Wildman–Crippen LogP) is 4.63. The van der Waals surface area contributed by atoms with E-state index in [1.54, 1.807) is 0 Å². The van der Waals surface area contributed by atoms with Crippen LogP contribution in [0.2, 0.25) is 0 Å². The van der Waals surface area contributed by atoms with E-state index >= 15 is 0 Å². The Morgan fingerprint density at radius 3 is 1.79 bits per heavy atom. The van der Waals surface area contributed by atoms with E-state index in [9.17, 15) is 0 Å². The van der Waals surface area contributed by atoms with Crippen LogP contribution in [-0.4, -0.2) is 6.54 Å². The van der Waals surface area contributed by atoms with Gasteiger partial charge in [-0.2, -0.15) is 0 Å². The van der Waals surface area contributed by atoms with Gasteiger partial charge in [0.25, 0.3) is 0 Å². The average molecular weight is 261 g/mol. The molecule has 0 fully saturated rings. The first-order valence-electron chi connectivity index (χ1n) is 7.60. The largest absolute Gasteiger partial charge is 0.312 e. The molecule has 0 aliphatic heterocycles. The van der Waals surface area contributed by atoms with Crippen molar-refractivity contribution in [2.45, 2.75) is 55.0 Å². The van der Waals surface area contributed by atoms with Crippen molar-refractivity contribution in [1.29, 1.82) is 0 Å². The summed E-state index contributed by atoms with van der Waals surface area (Å²) in [6, 6.07) is 4.57. The third-order valence-corrected chi connectivity index (χ3v) is 4.23. The zero-order valence-corrected chi connectivity index (χ0v) is 13.8. The zero-order chi connectivity index (χ0) is 14.6. The standard InChI is InChI=1S/C18H31N/c1-12(2)17(13(3)4)10-19-11-18-15(6)8-14(5)9-16(18)7/h8-9,12-13,17,19H,10-11H2,1-7H3. The van der Waals surface area contributed by atoms with Gasteiger partial charge in [-0.25, -0.2) is 0 Å². The second-order valence-electron chi connectivity index (χ2n) is 6.66. The quantitative estimate of drug-likeness (QED) is 0.787. The van der Waals surface area contributed by atoms with Crippen LogP contribution in [0.5, 0.6) is 0 Å². The van der Waals surface area contributed by atoms with Crippen molar-refractivity contribution in [3.63, 3.8) is 0 Å². The van der Waals surface area contributed by atoms with E-state index in [0.717, 1.165) is 30.8 Å². The molecule has 1 nitrogen and oxygen atoms in total. The minimum atomic E-state index is 0.743. The lowest BCUT2D eigenvalue weighted by Crippen LogP contribution is -2.29. The first-order valence-corrected chi connectivity index (χ1v) is 7.60. The smallest absolute Gasteiger partial charge is 0.0210 e. The first-order chi connectivity index (χ1) is 8.82. The van der Waals surface area contributed by atoms with E-state index in [0.29, 0.717) is 0 Å². The molecule has 0 atom stereocenters. The van der Waals surface area contributed by atoms with E-state index in [1.807, 2.05) is 0 Å². The molecule has 0 saturated carbocycles. The SMILES string of the molecule is Cc1cc(C)c(CNCC(C(C)C)C(C)C)c(C)c1. The molecule has 0 aromatic heterocycles. The molecule has 1 rings (SSSR count). The highest BCUT2D eigenvalue weighted by atomic mass is 14.9. The van der Waals surface area contributed by atoms with Crippen molar-refractivity contribution in [2.24, 2.45) is 17.8 Å². The highest BCUT2D eigenvalue weighted by Gasteiger charge is 2.17. The summed E-state index contributed by atoms with van der Waals surface area (Å²) >= 11 is 0. The van der Waals surface area contributed by atoms with E-state index < -0.39 is 0 Å². The highest BCUT2D eigenvalue weighted by Crippen LogP contribution is 2.20. The van der Waals surface area contributed by atoms with E-state index in [-0.39, 0.29) is 0 Å². The van der Waals surface area contributed by atoms with Crippen LogP contribution in [-0.2, 0) is 6.54 Å². The van der Waals surface area contributed by atoms with Gasteiger partial charge >= 0.3 is 0 Å². The molecule has 1 aromatic carbocycles. The molecule has 0 radical (unpaired) electrons. The van der Waals surface area contributed by atoms with Crippen LogP contribution in [0.1, 0.15) is 49.9 Å². The first kappa shape index (κ1) is 16.2. The van der Waals surface area contributed by atoms with E-state index in [2.05, 4.69) is 65.9 Å². The third-order valence-electron chi connectivity index (χ3n) is 4.23. The summed E-state index contributed by atoms with van der Waals surface area (Å²) in [7, 11) is 0. The number of hydrogen-bond acceptors (Lipinski definition) is 1. The molecule has 0 spiro atoms. The van der Waals surface area contributed by atoms with Crippen molar-refractivity contribution in [3.8, 4) is 0 Å². The Balaban J connectivity index is 2.63. The summed E-state index contributed by atoms with van der Waals surface area (Å²) < 4.78 is 0. The maximum Gasteiger partial charge on any atom is 0.0210 e. The molecular formula is C18H31N. The minimum absolute atomic E-state index is 0.743. The van der Waals surface area contributed by atoms with Gasteiger partial charge in [0.2, 0.25) is 0 Å². The summed E-state index contributed by atoms with van der Waals surface area (Å²) in [6.45, 7) is 18.0. The summed E-state index contributed by atoms with van der Waals surface area (Å²) in [6.07, 6.45) is 0. The van der Waals surface area contributed by atoms with Gasteiger partial charge in [-0.05, 0) is 61.8 Å². The van der Waals surface area contributed by atoms with Crippen molar-refractivity contribution in [2.75, 3.05) is 6.54 Å². The Bertz CT molecular complexity index is 373. The molecule has 1 aromatic rings. The van der Waals surface area contributed by atoms with Crippen LogP contribution < -0.4 is 5.32 Å². The molecule has 0 amide bonds. The number of hydrogen-bond donors (Lipinski definition) is 1. The summed E-state index contributed by atoms with van der Waals surface area (Å²) in [5, 5.41) is 3.67. The highest BCUT2D eigenvalue weighted by molar-refractivity contribution is 5.37. The van der Waals surface area contributed by atoms with Crippen LogP contribution >= 0.6 is 0 Å². The summed E-state index contributed by atoms with van der Waals surface area (Å²) in [4.78, 5) is 0. The minimum Gasteiger partial charge on any atom is -0.312 e. The third kappa shape index (κ3) is 4.65. The topological polar surface area (TPSA) is 12.0 Å². The maximum absolute atomic E-state index is 3.67. The van der Waals surface area contributed by atoms with Gasteiger partial charge in [-0.1, -0.05) is 45.4 Å². The van der Waals surface area contributed by atoms with Crippen LogP contribution in [0.4, 0.5) is 0 Å². The van der Waals surface area contributed by atoms with Crippen molar-refractivity contribution >= 4 is 0 Å². The Morgan fingerprint density at radius 1 is 0.895 bits per heavy atom. The van der Waals surface area contributed by atoms with Crippen LogP contribution in [0, 0.1) is 38.5 Å². The lowest BCUT2D eigenvalue weighted by Gasteiger charge is -2.25. The maximum atomic E-state index is 3.67. The van der Waals surface area contributed by atoms with Gasteiger partial charge < -0.3 is 5.32 Å². The van der Waals surface area contributed by atoms with Gasteiger partial charge in [0.15, 0.2) is 0 Å². The Hall–Kier alpha value is -0.820. The van der Waals surface area contributed by atoms with Crippen LogP contribution in [0.3, 0.4) is 0 Å². The molecule has 0 unspecified atom stereocenters. The molecule has 1 N–H and O–H groups in total. The monoisotopic (exact) mass is 261 g/mol. The normalized spacial score (nSPS) is 11.9. The fraction of sp³-hybridized carbons (Fsp3) is 0.667. The fourth-order valence-corrected chi connectivity index (χ4v) is 3.09. The van der Waals surface area contributed by atoms with Crippen molar-refractivity contribution in [1.82, 2.24) is 5.32 Å². The fourth-order valence-electron chi connectivity index (χ4n) is 3.09. The van der Waals surface area contributed by atoms with Gasteiger partial charge in [0.1, 0.15) is 0 Å². The molecule has 0 bridgehead atoms. The van der Waals surface area contributed by atoms with Crippen molar-refractivity contribution < 1.29 is 0 Å². The molecule has 108 valence electrons. The molecule has 0 aliphatic rings. The predicted molar refractivity (Wildman–Crippen MR) is 85.5 cm³/mol. The number of benzene rings is 1. The second kappa shape index (κ2) is 7.09. The van der Waals surface area contributed by atoms with Gasteiger partial charge in [-0.3, -0.25) is 0 Å².